The summed E-state index contributed by atoms with van der Waals surface area (Å²) >= 11 is 5.19. The Morgan fingerprint density at radius 1 is 1.24 bits per heavy atom. The summed E-state index contributed by atoms with van der Waals surface area (Å²) in [6.07, 6.45) is 0. The van der Waals surface area contributed by atoms with Crippen molar-refractivity contribution in [1.82, 2.24) is 4.98 Å². The number of hydrogen-bond donors (Lipinski definition) is 1. The smallest absolute Gasteiger partial charge is 0.142 e. The SMILES string of the molecule is COc1ccccc1N(C)c1cc(C)nc(C)c1C(N)=S. The molecule has 0 amide bonds. The summed E-state index contributed by atoms with van der Waals surface area (Å²) < 4.78 is 5.43. The molecule has 0 aliphatic heterocycles. The number of pyridine rings is 1. The molecule has 2 aromatic rings. The number of hydrogen-bond acceptors (Lipinski definition) is 4. The molecule has 1 aromatic heterocycles. The first kappa shape index (κ1) is 15.3. The predicted octanol–water partition coefficient (Wildman–Crippen LogP) is 3.11. The van der Waals surface area contributed by atoms with Crippen LogP contribution in [0, 0.1) is 13.8 Å². The third-order valence-corrected chi connectivity index (χ3v) is 3.57. The van der Waals surface area contributed by atoms with Crippen molar-refractivity contribution in [1.29, 1.82) is 0 Å². The molecule has 0 unspecified atom stereocenters. The Morgan fingerprint density at radius 3 is 2.52 bits per heavy atom. The van der Waals surface area contributed by atoms with E-state index < -0.39 is 0 Å². The van der Waals surface area contributed by atoms with Gasteiger partial charge in [0.1, 0.15) is 10.7 Å². The molecule has 5 heteroatoms. The van der Waals surface area contributed by atoms with E-state index in [4.69, 9.17) is 22.7 Å². The first-order valence-electron chi connectivity index (χ1n) is 6.60. The van der Waals surface area contributed by atoms with Gasteiger partial charge in [-0.3, -0.25) is 4.98 Å². The molecule has 21 heavy (non-hydrogen) atoms. The molecule has 0 spiro atoms. The molecule has 0 bridgehead atoms. The standard InChI is InChI=1S/C16H19N3OS/c1-10-9-13(15(16(17)21)11(2)18-10)19(3)12-7-5-6-8-14(12)20-4/h5-9H,1-4H3,(H2,17,21). The number of aromatic nitrogens is 1. The Balaban J connectivity index is 2.63. The second-order valence-electron chi connectivity index (χ2n) is 4.84. The zero-order chi connectivity index (χ0) is 15.6. The quantitative estimate of drug-likeness (QED) is 0.879. The van der Waals surface area contributed by atoms with Crippen LogP contribution in [0.3, 0.4) is 0 Å². The van der Waals surface area contributed by atoms with E-state index >= 15 is 0 Å². The summed E-state index contributed by atoms with van der Waals surface area (Å²) in [7, 11) is 3.62. The molecule has 110 valence electrons. The first-order valence-corrected chi connectivity index (χ1v) is 7.01. The van der Waals surface area contributed by atoms with Gasteiger partial charge in [0, 0.05) is 18.4 Å². The van der Waals surface area contributed by atoms with Crippen molar-refractivity contribution in [2.24, 2.45) is 5.73 Å². The van der Waals surface area contributed by atoms with Crippen LogP contribution in [0.25, 0.3) is 0 Å². The van der Waals surface area contributed by atoms with Gasteiger partial charge in [-0.25, -0.2) is 0 Å². The highest BCUT2D eigenvalue weighted by Gasteiger charge is 2.17. The molecule has 4 nitrogen and oxygen atoms in total. The molecule has 2 rings (SSSR count). The number of aryl methyl sites for hydroxylation is 2. The molecule has 0 aliphatic rings. The Bertz CT molecular complexity index is 685. The number of anilines is 2. The van der Waals surface area contributed by atoms with Crippen LogP contribution in [-0.2, 0) is 0 Å². The van der Waals surface area contributed by atoms with Gasteiger partial charge < -0.3 is 15.4 Å². The molecular weight excluding hydrogens is 282 g/mol. The number of benzene rings is 1. The van der Waals surface area contributed by atoms with Gasteiger partial charge in [0.25, 0.3) is 0 Å². The lowest BCUT2D eigenvalue weighted by Gasteiger charge is -2.25. The summed E-state index contributed by atoms with van der Waals surface area (Å²) in [5.74, 6) is 0.793. The minimum atomic E-state index is 0.344. The Hall–Kier alpha value is -2.14. The van der Waals surface area contributed by atoms with Crippen LogP contribution < -0.4 is 15.4 Å². The van der Waals surface area contributed by atoms with Crippen LogP contribution in [0.15, 0.2) is 30.3 Å². The second-order valence-corrected chi connectivity index (χ2v) is 5.28. The number of methoxy groups -OCH3 is 1. The van der Waals surface area contributed by atoms with E-state index in [0.29, 0.717) is 4.99 Å². The van der Waals surface area contributed by atoms with Crippen LogP contribution >= 0.6 is 12.2 Å². The third kappa shape index (κ3) is 2.97. The van der Waals surface area contributed by atoms with Gasteiger partial charge in [0.2, 0.25) is 0 Å². The van der Waals surface area contributed by atoms with E-state index in [1.54, 1.807) is 7.11 Å². The van der Waals surface area contributed by atoms with Crippen LogP contribution in [0.1, 0.15) is 17.0 Å². The maximum absolute atomic E-state index is 5.89. The monoisotopic (exact) mass is 301 g/mol. The number of nitrogens with zero attached hydrogens (tertiary/aromatic N) is 2. The Labute approximate surface area is 130 Å². The van der Waals surface area contributed by atoms with Gasteiger partial charge in [-0.15, -0.1) is 0 Å². The van der Waals surface area contributed by atoms with Gasteiger partial charge in [-0.2, -0.15) is 0 Å². The van der Waals surface area contributed by atoms with E-state index in [9.17, 15) is 0 Å². The molecule has 1 heterocycles. The van der Waals surface area contributed by atoms with Gasteiger partial charge in [-0.05, 0) is 32.0 Å². The average molecular weight is 301 g/mol. The van der Waals surface area contributed by atoms with Crippen molar-refractivity contribution in [3.63, 3.8) is 0 Å². The highest BCUT2D eigenvalue weighted by molar-refractivity contribution is 7.80. The van der Waals surface area contributed by atoms with Gasteiger partial charge >= 0.3 is 0 Å². The molecular formula is C16H19N3OS. The maximum Gasteiger partial charge on any atom is 0.142 e. The predicted molar refractivity (Wildman–Crippen MR) is 90.7 cm³/mol. The average Bonchev–Trinajstić information content (AvgIpc) is 2.45. The first-order chi connectivity index (χ1) is 9.95. The van der Waals surface area contributed by atoms with Gasteiger partial charge in [0.05, 0.1) is 24.0 Å². The fourth-order valence-electron chi connectivity index (χ4n) is 2.41. The number of thiocarbonyl (C=S) groups is 1. The van der Waals surface area contributed by atoms with Gasteiger partial charge in [-0.1, -0.05) is 24.4 Å². The molecule has 0 radical (unpaired) electrons. The van der Waals surface area contributed by atoms with Crippen molar-refractivity contribution in [2.45, 2.75) is 13.8 Å². The molecule has 2 N–H and O–H groups in total. The summed E-state index contributed by atoms with van der Waals surface area (Å²) in [6, 6.07) is 9.80. The maximum atomic E-state index is 5.89. The molecule has 1 aromatic carbocycles. The molecule has 0 atom stereocenters. The van der Waals surface area contributed by atoms with Crippen molar-refractivity contribution in [3.05, 3.63) is 47.3 Å². The Morgan fingerprint density at radius 2 is 1.90 bits per heavy atom. The molecule has 0 aliphatic carbocycles. The number of para-hydroxylation sites is 2. The molecule has 0 fully saturated rings. The van der Waals surface area contributed by atoms with E-state index in [1.807, 2.05) is 56.1 Å². The van der Waals surface area contributed by atoms with Crippen LogP contribution in [0.2, 0.25) is 0 Å². The van der Waals surface area contributed by atoms with Crippen molar-refractivity contribution >= 4 is 28.6 Å². The summed E-state index contributed by atoms with van der Waals surface area (Å²) in [4.78, 5) is 6.82. The summed E-state index contributed by atoms with van der Waals surface area (Å²) in [5, 5.41) is 0. The summed E-state index contributed by atoms with van der Waals surface area (Å²) in [6.45, 7) is 3.87. The third-order valence-electron chi connectivity index (χ3n) is 3.36. The fraction of sp³-hybridized carbons (Fsp3) is 0.250. The minimum Gasteiger partial charge on any atom is -0.495 e. The van der Waals surface area contributed by atoms with Crippen LogP contribution in [0.4, 0.5) is 11.4 Å². The number of ether oxygens (including phenoxy) is 1. The molecule has 0 saturated heterocycles. The lowest BCUT2D eigenvalue weighted by atomic mass is 10.1. The normalized spacial score (nSPS) is 10.3. The van der Waals surface area contributed by atoms with E-state index in [2.05, 4.69) is 4.98 Å². The lowest BCUT2D eigenvalue weighted by Crippen LogP contribution is -2.20. The van der Waals surface area contributed by atoms with E-state index in [-0.39, 0.29) is 0 Å². The zero-order valence-corrected chi connectivity index (χ0v) is 13.5. The topological polar surface area (TPSA) is 51.4 Å². The van der Waals surface area contributed by atoms with Crippen molar-refractivity contribution in [2.75, 3.05) is 19.1 Å². The zero-order valence-electron chi connectivity index (χ0n) is 12.7. The van der Waals surface area contributed by atoms with Gasteiger partial charge in [0.15, 0.2) is 0 Å². The van der Waals surface area contributed by atoms with E-state index in [1.165, 1.54) is 0 Å². The number of nitrogens with two attached hydrogens (primary N) is 1. The van der Waals surface area contributed by atoms with Crippen LogP contribution in [-0.4, -0.2) is 24.1 Å². The van der Waals surface area contributed by atoms with Crippen LogP contribution in [0.5, 0.6) is 5.75 Å². The largest absolute Gasteiger partial charge is 0.495 e. The Kier molecular flexibility index (Phi) is 4.43. The lowest BCUT2D eigenvalue weighted by molar-refractivity contribution is 0.415. The minimum absolute atomic E-state index is 0.344. The summed E-state index contributed by atoms with van der Waals surface area (Å²) in [5.41, 5.74) is 10.3. The highest BCUT2D eigenvalue weighted by Crippen LogP contribution is 2.34. The fourth-order valence-corrected chi connectivity index (χ4v) is 2.67. The van der Waals surface area contributed by atoms with Crippen molar-refractivity contribution in [3.8, 4) is 5.75 Å². The number of rotatable bonds is 4. The second kappa shape index (κ2) is 6.10. The van der Waals surface area contributed by atoms with Crippen molar-refractivity contribution < 1.29 is 4.74 Å². The van der Waals surface area contributed by atoms with E-state index in [0.717, 1.165) is 34.1 Å². The molecule has 0 saturated carbocycles. The highest BCUT2D eigenvalue weighted by atomic mass is 32.1.